The van der Waals surface area contributed by atoms with E-state index in [0.29, 0.717) is 11.3 Å². The highest BCUT2D eigenvalue weighted by atomic mass is 32.1. The molecule has 20 heavy (non-hydrogen) atoms. The third-order valence-corrected chi connectivity index (χ3v) is 3.73. The van der Waals surface area contributed by atoms with E-state index in [4.69, 9.17) is 0 Å². The Kier molecular flexibility index (Phi) is 4.04. The number of aromatic nitrogens is 1. The fourth-order valence-electron chi connectivity index (χ4n) is 1.69. The Hall–Kier alpha value is -2.35. The number of thiazole rings is 1. The summed E-state index contributed by atoms with van der Waals surface area (Å²) in [7, 11) is 0. The third-order valence-electron chi connectivity index (χ3n) is 2.67. The Morgan fingerprint density at radius 3 is 2.75 bits per heavy atom. The summed E-state index contributed by atoms with van der Waals surface area (Å²) in [6, 6.07) is 5.82. The summed E-state index contributed by atoms with van der Waals surface area (Å²) < 4.78 is 13.5. The lowest BCUT2D eigenvalue weighted by Crippen LogP contribution is -2.14. The van der Waals surface area contributed by atoms with Crippen LogP contribution in [0.15, 0.2) is 30.5 Å². The van der Waals surface area contributed by atoms with Crippen LogP contribution in [0.4, 0.5) is 9.39 Å². The molecule has 0 saturated carbocycles. The number of nitro groups is 1. The first-order chi connectivity index (χ1) is 9.49. The normalized spacial score (nSPS) is 12.1. The van der Waals surface area contributed by atoms with Gasteiger partial charge in [0.2, 0.25) is 0 Å². The van der Waals surface area contributed by atoms with Gasteiger partial charge in [0, 0.05) is 0 Å². The second-order valence-electron chi connectivity index (χ2n) is 3.98. The molecule has 104 valence electrons. The second kappa shape index (κ2) is 5.74. The van der Waals surface area contributed by atoms with Crippen molar-refractivity contribution in [1.82, 2.24) is 4.98 Å². The minimum absolute atomic E-state index is 0.0902. The molecule has 1 aromatic heterocycles. The molecule has 0 amide bonds. The van der Waals surface area contributed by atoms with E-state index in [2.05, 4.69) is 4.98 Å². The summed E-state index contributed by atoms with van der Waals surface area (Å²) in [6.07, 6.45) is 0.907. The molecule has 0 aliphatic rings. The van der Waals surface area contributed by atoms with E-state index in [9.17, 15) is 24.4 Å². The molecule has 0 saturated heterocycles. The molecule has 8 heteroatoms. The third kappa shape index (κ3) is 2.97. The van der Waals surface area contributed by atoms with Crippen molar-refractivity contribution in [2.45, 2.75) is 12.3 Å². The fraction of sp³-hybridized carbons (Fsp3) is 0.167. The van der Waals surface area contributed by atoms with E-state index < -0.39 is 22.6 Å². The Morgan fingerprint density at radius 2 is 2.20 bits per heavy atom. The van der Waals surface area contributed by atoms with Crippen molar-refractivity contribution in [3.63, 3.8) is 0 Å². The Balaban J connectivity index is 2.30. The number of aliphatic carboxylic acids is 1. The zero-order valence-electron chi connectivity index (χ0n) is 10.0. The fourth-order valence-corrected chi connectivity index (χ4v) is 2.51. The summed E-state index contributed by atoms with van der Waals surface area (Å²) in [4.78, 5) is 25.0. The minimum Gasteiger partial charge on any atom is -0.481 e. The van der Waals surface area contributed by atoms with E-state index in [1.54, 1.807) is 6.07 Å². The molecule has 0 aliphatic heterocycles. The monoisotopic (exact) mass is 296 g/mol. The molecule has 1 unspecified atom stereocenters. The lowest BCUT2D eigenvalue weighted by molar-refractivity contribution is -0.380. The van der Waals surface area contributed by atoms with Crippen LogP contribution < -0.4 is 0 Å². The topological polar surface area (TPSA) is 93.3 Å². The maximum atomic E-state index is 13.5. The number of nitrogens with zero attached hydrogens (tertiary/aromatic N) is 2. The van der Waals surface area contributed by atoms with Crippen LogP contribution in [0.25, 0.3) is 0 Å². The first kappa shape index (κ1) is 14.1. The molecule has 1 N–H and O–H groups in total. The van der Waals surface area contributed by atoms with Crippen molar-refractivity contribution in [1.29, 1.82) is 0 Å². The largest absolute Gasteiger partial charge is 0.481 e. The van der Waals surface area contributed by atoms with Crippen LogP contribution in [-0.4, -0.2) is 21.0 Å². The highest BCUT2D eigenvalue weighted by Gasteiger charge is 2.27. The molecule has 2 rings (SSSR count). The molecule has 0 bridgehead atoms. The zero-order chi connectivity index (χ0) is 14.7. The highest BCUT2D eigenvalue weighted by Crippen LogP contribution is 2.30. The smallest absolute Gasteiger partial charge is 0.343 e. The number of rotatable bonds is 5. The van der Waals surface area contributed by atoms with Crippen LogP contribution in [-0.2, 0) is 11.2 Å². The molecule has 6 nitrogen and oxygen atoms in total. The molecular weight excluding hydrogens is 287 g/mol. The van der Waals surface area contributed by atoms with Gasteiger partial charge in [-0.1, -0.05) is 18.2 Å². The summed E-state index contributed by atoms with van der Waals surface area (Å²) in [5.74, 6) is -2.81. The van der Waals surface area contributed by atoms with E-state index in [1.807, 2.05) is 0 Å². The first-order valence-corrected chi connectivity index (χ1v) is 6.37. The quantitative estimate of drug-likeness (QED) is 0.676. The van der Waals surface area contributed by atoms with Crippen molar-refractivity contribution in [3.8, 4) is 0 Å². The van der Waals surface area contributed by atoms with E-state index in [-0.39, 0.29) is 22.0 Å². The summed E-state index contributed by atoms with van der Waals surface area (Å²) in [5, 5.41) is 19.6. The van der Waals surface area contributed by atoms with Crippen molar-refractivity contribution in [2.75, 3.05) is 0 Å². The number of benzene rings is 1. The van der Waals surface area contributed by atoms with Gasteiger partial charge in [-0.2, -0.15) is 0 Å². The van der Waals surface area contributed by atoms with Gasteiger partial charge in [-0.3, -0.25) is 14.9 Å². The second-order valence-corrected chi connectivity index (χ2v) is 5.02. The molecule has 0 radical (unpaired) electrons. The SMILES string of the molecule is O=C(O)C(Cc1ccccc1F)c1ncc([N+](=O)[O-])s1. The van der Waals surface area contributed by atoms with E-state index in [0.717, 1.165) is 6.20 Å². The van der Waals surface area contributed by atoms with Crippen LogP contribution in [0.2, 0.25) is 0 Å². The number of halogens is 1. The molecule has 0 spiro atoms. The van der Waals surface area contributed by atoms with Gasteiger partial charge in [0.05, 0.1) is 4.92 Å². The van der Waals surface area contributed by atoms with Gasteiger partial charge in [-0.15, -0.1) is 0 Å². The van der Waals surface area contributed by atoms with E-state index in [1.165, 1.54) is 18.2 Å². The highest BCUT2D eigenvalue weighted by molar-refractivity contribution is 7.15. The maximum absolute atomic E-state index is 13.5. The predicted molar refractivity (Wildman–Crippen MR) is 69.2 cm³/mol. The molecule has 0 fully saturated rings. The van der Waals surface area contributed by atoms with Crippen LogP contribution in [0.1, 0.15) is 16.5 Å². The van der Waals surface area contributed by atoms with Crippen molar-refractivity contribution in [2.24, 2.45) is 0 Å². The van der Waals surface area contributed by atoms with E-state index >= 15 is 0 Å². The van der Waals surface area contributed by atoms with Gasteiger partial charge in [-0.05, 0) is 29.4 Å². The van der Waals surface area contributed by atoms with Crippen molar-refractivity contribution >= 4 is 22.3 Å². The summed E-state index contributed by atoms with van der Waals surface area (Å²) in [6.45, 7) is 0. The van der Waals surface area contributed by atoms with Gasteiger partial charge < -0.3 is 5.11 Å². The molecular formula is C12H9FN2O4S. The lowest BCUT2D eigenvalue weighted by Gasteiger charge is -2.09. The minimum atomic E-state index is -1.20. The summed E-state index contributed by atoms with van der Waals surface area (Å²) >= 11 is 0.689. The average molecular weight is 296 g/mol. The van der Waals surface area contributed by atoms with Crippen LogP contribution >= 0.6 is 11.3 Å². The maximum Gasteiger partial charge on any atom is 0.343 e. The molecule has 2 aromatic rings. The standard InChI is InChI=1S/C12H9FN2O4S/c13-9-4-2-1-3-7(9)5-8(12(16)17)11-14-6-10(20-11)15(18)19/h1-4,6,8H,5H2,(H,16,17). The number of hydrogen-bond donors (Lipinski definition) is 1. The number of carbonyl (C=O) groups is 1. The average Bonchev–Trinajstić information content (AvgIpc) is 2.87. The summed E-state index contributed by atoms with van der Waals surface area (Å²) in [5.41, 5.74) is 0.234. The molecule has 1 heterocycles. The van der Waals surface area contributed by atoms with Gasteiger partial charge in [-0.25, -0.2) is 9.37 Å². The van der Waals surface area contributed by atoms with Crippen molar-refractivity contribution < 1.29 is 19.2 Å². The predicted octanol–water partition coefficient (Wildman–Crippen LogP) is 2.60. The van der Waals surface area contributed by atoms with Crippen LogP contribution in [0.5, 0.6) is 0 Å². The molecule has 0 aliphatic carbocycles. The first-order valence-electron chi connectivity index (χ1n) is 5.55. The van der Waals surface area contributed by atoms with Gasteiger partial charge in [0.25, 0.3) is 0 Å². The van der Waals surface area contributed by atoms with Crippen LogP contribution in [0.3, 0.4) is 0 Å². The zero-order valence-corrected chi connectivity index (χ0v) is 10.8. The van der Waals surface area contributed by atoms with Crippen LogP contribution in [0, 0.1) is 15.9 Å². The number of carboxylic acid groups (broad SMARTS) is 1. The van der Waals surface area contributed by atoms with Gasteiger partial charge >= 0.3 is 11.0 Å². The lowest BCUT2D eigenvalue weighted by atomic mass is 10.00. The van der Waals surface area contributed by atoms with Gasteiger partial charge in [0.1, 0.15) is 22.9 Å². The number of carboxylic acids is 1. The van der Waals surface area contributed by atoms with Crippen molar-refractivity contribution in [3.05, 3.63) is 57.0 Å². The molecule has 1 atom stereocenters. The Morgan fingerprint density at radius 1 is 1.50 bits per heavy atom. The Bertz CT molecular complexity index is 658. The number of hydrogen-bond acceptors (Lipinski definition) is 5. The Labute approximate surface area is 116 Å². The van der Waals surface area contributed by atoms with Gasteiger partial charge in [0.15, 0.2) is 0 Å². The molecule has 1 aromatic carbocycles.